The number of nitrogens with zero attached hydrogens (tertiary/aromatic N) is 4. The summed E-state index contributed by atoms with van der Waals surface area (Å²) in [5.41, 5.74) is 1.21. The maximum atomic E-state index is 12.7. The molecule has 1 aromatic heterocycles. The van der Waals surface area contributed by atoms with Gasteiger partial charge in [0.05, 0.1) is 5.69 Å². The molecule has 6 heteroatoms. The zero-order valence-electron chi connectivity index (χ0n) is 16.7. The average Bonchev–Trinajstić information content (AvgIpc) is 3.18. The van der Waals surface area contributed by atoms with Gasteiger partial charge < -0.3 is 9.80 Å². The molecular formula is C21H34N4OS. The van der Waals surface area contributed by atoms with Crippen molar-refractivity contribution in [1.82, 2.24) is 14.8 Å². The van der Waals surface area contributed by atoms with Crippen molar-refractivity contribution in [3.8, 4) is 0 Å². The van der Waals surface area contributed by atoms with Gasteiger partial charge in [-0.2, -0.15) is 0 Å². The van der Waals surface area contributed by atoms with Crippen molar-refractivity contribution < 1.29 is 4.79 Å². The molecule has 0 unspecified atom stereocenters. The van der Waals surface area contributed by atoms with Gasteiger partial charge >= 0.3 is 0 Å². The Labute approximate surface area is 167 Å². The summed E-state index contributed by atoms with van der Waals surface area (Å²) in [5.74, 6) is 1.58. The Balaban J connectivity index is 1.26. The normalized spacial score (nSPS) is 23.7. The van der Waals surface area contributed by atoms with Crippen LogP contribution >= 0.6 is 11.3 Å². The summed E-state index contributed by atoms with van der Waals surface area (Å²) >= 11 is 1.77. The Morgan fingerprint density at radius 3 is 2.44 bits per heavy atom. The lowest BCUT2D eigenvalue weighted by molar-refractivity contribution is -0.136. The molecule has 3 aliphatic rings. The SMILES string of the molecule is CC1CCN(Cc2csc(N3CCN(C(=O)C4CCCCC4)CC3)n2)CC1. The van der Waals surface area contributed by atoms with Crippen molar-refractivity contribution in [2.75, 3.05) is 44.2 Å². The maximum Gasteiger partial charge on any atom is 0.225 e. The number of anilines is 1. The molecule has 150 valence electrons. The summed E-state index contributed by atoms with van der Waals surface area (Å²) in [4.78, 5) is 24.7. The van der Waals surface area contributed by atoms with Crippen molar-refractivity contribution in [1.29, 1.82) is 0 Å². The fourth-order valence-corrected chi connectivity index (χ4v) is 5.56. The predicted octanol–water partition coefficient (Wildman–Crippen LogP) is 3.60. The van der Waals surface area contributed by atoms with Crippen LogP contribution in [0.1, 0.15) is 57.6 Å². The maximum absolute atomic E-state index is 12.7. The van der Waals surface area contributed by atoms with E-state index in [1.54, 1.807) is 11.3 Å². The molecule has 2 aliphatic heterocycles. The van der Waals surface area contributed by atoms with Crippen molar-refractivity contribution in [2.45, 2.75) is 58.4 Å². The second-order valence-electron chi connectivity index (χ2n) is 8.73. The lowest BCUT2D eigenvalue weighted by Gasteiger charge is -2.37. The van der Waals surface area contributed by atoms with Crippen LogP contribution in [0.5, 0.6) is 0 Å². The van der Waals surface area contributed by atoms with E-state index in [0.717, 1.165) is 56.6 Å². The number of piperazine rings is 1. The standard InChI is InChI=1S/C21H34N4OS/c1-17-7-9-23(10-8-17)15-19-16-27-21(22-19)25-13-11-24(12-14-25)20(26)18-5-3-2-4-6-18/h16-18H,2-15H2,1H3. The molecule has 3 heterocycles. The van der Waals surface area contributed by atoms with Gasteiger partial charge in [-0.1, -0.05) is 26.2 Å². The number of amides is 1. The van der Waals surface area contributed by atoms with E-state index in [2.05, 4.69) is 27.0 Å². The van der Waals surface area contributed by atoms with E-state index in [4.69, 9.17) is 4.98 Å². The van der Waals surface area contributed by atoms with Crippen molar-refractivity contribution >= 4 is 22.4 Å². The van der Waals surface area contributed by atoms with Gasteiger partial charge in [-0.05, 0) is 44.7 Å². The molecule has 0 N–H and O–H groups in total. The summed E-state index contributed by atoms with van der Waals surface area (Å²) in [6.45, 7) is 9.31. The van der Waals surface area contributed by atoms with Gasteiger partial charge in [0.15, 0.2) is 5.13 Å². The van der Waals surface area contributed by atoms with Crippen LogP contribution in [0.15, 0.2) is 5.38 Å². The van der Waals surface area contributed by atoms with Crippen molar-refractivity contribution in [3.05, 3.63) is 11.1 Å². The number of likely N-dealkylation sites (tertiary alicyclic amines) is 1. The van der Waals surface area contributed by atoms with E-state index in [1.807, 2.05) is 0 Å². The smallest absolute Gasteiger partial charge is 0.225 e. The topological polar surface area (TPSA) is 39.7 Å². The third kappa shape index (κ3) is 4.83. The summed E-state index contributed by atoms with van der Waals surface area (Å²) in [6, 6.07) is 0. The van der Waals surface area contributed by atoms with Crippen molar-refractivity contribution in [3.63, 3.8) is 0 Å². The molecule has 0 spiro atoms. The van der Waals surface area contributed by atoms with E-state index < -0.39 is 0 Å². The lowest BCUT2D eigenvalue weighted by atomic mass is 9.88. The molecule has 27 heavy (non-hydrogen) atoms. The number of piperidine rings is 1. The Kier molecular flexibility index (Phi) is 6.33. The van der Waals surface area contributed by atoms with Crippen LogP contribution in [0.25, 0.3) is 0 Å². The number of thiazole rings is 1. The van der Waals surface area contributed by atoms with Gasteiger partial charge in [-0.15, -0.1) is 11.3 Å². The van der Waals surface area contributed by atoms with Gasteiger partial charge in [0.2, 0.25) is 5.91 Å². The highest BCUT2D eigenvalue weighted by Gasteiger charge is 2.29. The van der Waals surface area contributed by atoms with Crippen LogP contribution < -0.4 is 4.90 Å². The quantitative estimate of drug-likeness (QED) is 0.787. The monoisotopic (exact) mass is 390 g/mol. The van der Waals surface area contributed by atoms with E-state index >= 15 is 0 Å². The Morgan fingerprint density at radius 1 is 1.04 bits per heavy atom. The number of carbonyl (C=O) groups is 1. The Morgan fingerprint density at radius 2 is 1.74 bits per heavy atom. The first-order valence-electron chi connectivity index (χ1n) is 10.9. The minimum Gasteiger partial charge on any atom is -0.345 e. The highest BCUT2D eigenvalue weighted by Crippen LogP contribution is 2.27. The summed E-state index contributed by atoms with van der Waals surface area (Å²) < 4.78 is 0. The van der Waals surface area contributed by atoms with Gasteiger partial charge in [-0.3, -0.25) is 9.69 Å². The molecule has 4 rings (SSSR count). The molecule has 0 aromatic carbocycles. The van der Waals surface area contributed by atoms with Gasteiger partial charge in [-0.25, -0.2) is 4.98 Å². The number of hydrogen-bond donors (Lipinski definition) is 0. The summed E-state index contributed by atoms with van der Waals surface area (Å²) in [5, 5.41) is 3.37. The molecule has 0 atom stereocenters. The molecule has 1 amide bonds. The minimum absolute atomic E-state index is 0.295. The first-order valence-corrected chi connectivity index (χ1v) is 11.8. The second-order valence-corrected chi connectivity index (χ2v) is 9.56. The molecule has 3 fully saturated rings. The number of rotatable bonds is 4. The number of hydrogen-bond acceptors (Lipinski definition) is 5. The lowest BCUT2D eigenvalue weighted by Crippen LogP contribution is -2.50. The van der Waals surface area contributed by atoms with E-state index in [0.29, 0.717) is 11.8 Å². The summed E-state index contributed by atoms with van der Waals surface area (Å²) in [6.07, 6.45) is 8.60. The van der Waals surface area contributed by atoms with Gasteiger partial charge in [0.1, 0.15) is 0 Å². The number of carbonyl (C=O) groups excluding carboxylic acids is 1. The third-order valence-corrected chi connectivity index (χ3v) is 7.57. The predicted molar refractivity (Wildman–Crippen MR) is 111 cm³/mol. The third-order valence-electron chi connectivity index (χ3n) is 6.62. The minimum atomic E-state index is 0.295. The van der Waals surface area contributed by atoms with Gasteiger partial charge in [0.25, 0.3) is 0 Å². The zero-order valence-corrected chi connectivity index (χ0v) is 17.6. The molecular weight excluding hydrogens is 356 g/mol. The zero-order chi connectivity index (χ0) is 18.6. The summed E-state index contributed by atoms with van der Waals surface area (Å²) in [7, 11) is 0. The fourth-order valence-electron chi connectivity index (χ4n) is 4.69. The van der Waals surface area contributed by atoms with Crippen LogP contribution in [0.4, 0.5) is 5.13 Å². The molecule has 0 radical (unpaired) electrons. The highest BCUT2D eigenvalue weighted by molar-refractivity contribution is 7.13. The molecule has 1 aromatic rings. The molecule has 1 aliphatic carbocycles. The van der Waals surface area contributed by atoms with Crippen LogP contribution in [0.3, 0.4) is 0 Å². The van der Waals surface area contributed by atoms with Crippen molar-refractivity contribution in [2.24, 2.45) is 11.8 Å². The van der Waals surface area contributed by atoms with Crippen LogP contribution in [0.2, 0.25) is 0 Å². The van der Waals surface area contributed by atoms with Crippen LogP contribution in [-0.4, -0.2) is 60.0 Å². The Bertz CT molecular complexity index is 611. The van der Waals surface area contributed by atoms with Crippen LogP contribution in [0, 0.1) is 11.8 Å². The molecule has 1 saturated carbocycles. The van der Waals surface area contributed by atoms with E-state index in [1.165, 1.54) is 50.9 Å². The first-order chi connectivity index (χ1) is 13.2. The fraction of sp³-hybridized carbons (Fsp3) is 0.810. The van der Waals surface area contributed by atoms with E-state index in [-0.39, 0.29) is 0 Å². The first kappa shape index (κ1) is 19.2. The van der Waals surface area contributed by atoms with E-state index in [9.17, 15) is 4.79 Å². The average molecular weight is 391 g/mol. The Hall–Kier alpha value is -1.14. The van der Waals surface area contributed by atoms with Gasteiger partial charge in [0, 0.05) is 44.0 Å². The number of aromatic nitrogens is 1. The van der Waals surface area contributed by atoms with Crippen LogP contribution in [-0.2, 0) is 11.3 Å². The molecule has 2 saturated heterocycles. The molecule has 5 nitrogen and oxygen atoms in total. The largest absolute Gasteiger partial charge is 0.345 e. The second kappa shape index (κ2) is 8.91. The molecule has 0 bridgehead atoms. The highest BCUT2D eigenvalue weighted by atomic mass is 32.1.